The van der Waals surface area contributed by atoms with Gasteiger partial charge in [0.05, 0.1) is 42.9 Å². The molecule has 2 aromatic carbocycles. The quantitative estimate of drug-likeness (QED) is 0.258. The van der Waals surface area contributed by atoms with Crippen LogP contribution in [0.25, 0.3) is 11.0 Å². The summed E-state index contributed by atoms with van der Waals surface area (Å²) < 4.78 is 32.4. The van der Waals surface area contributed by atoms with E-state index >= 15 is 0 Å². The van der Waals surface area contributed by atoms with E-state index in [9.17, 15) is 9.18 Å². The van der Waals surface area contributed by atoms with Crippen molar-refractivity contribution in [2.45, 2.75) is 51.1 Å². The zero-order valence-electron chi connectivity index (χ0n) is 23.3. The van der Waals surface area contributed by atoms with Crippen LogP contribution < -0.4 is 10.1 Å². The summed E-state index contributed by atoms with van der Waals surface area (Å²) in [4.78, 5) is 28.3. The molecule has 0 radical (unpaired) electrons. The number of carbonyl (C=O) groups excluding carboxylic acids is 1. The second kappa shape index (κ2) is 12.6. The van der Waals surface area contributed by atoms with Gasteiger partial charge in [0.25, 0.3) is 0 Å². The maximum absolute atomic E-state index is 14.0. The molecule has 2 fully saturated rings. The normalized spacial score (nSPS) is 17.6. The first kappa shape index (κ1) is 28.3. The van der Waals surface area contributed by atoms with E-state index in [1.807, 2.05) is 18.2 Å². The number of aromatic nitrogens is 4. The Balaban J connectivity index is 1.07. The fraction of sp³-hybridized carbons (Fsp3) is 0.400. The first-order valence-electron chi connectivity index (χ1n) is 14.0. The first-order valence-corrected chi connectivity index (χ1v) is 14.4. The number of hydrogen-bond acceptors (Lipinski definition) is 9. The van der Waals surface area contributed by atoms with Crippen LogP contribution in [0.1, 0.15) is 41.3 Å². The zero-order chi connectivity index (χ0) is 29.1. The van der Waals surface area contributed by atoms with Crippen molar-refractivity contribution in [3.05, 3.63) is 76.7 Å². The Hall–Kier alpha value is -3.80. The zero-order valence-corrected chi connectivity index (χ0v) is 24.0. The second-order valence-corrected chi connectivity index (χ2v) is 11.0. The molecule has 0 spiro atoms. The molecular formula is C30H32ClFN6O4. The Labute approximate surface area is 247 Å². The van der Waals surface area contributed by atoms with Gasteiger partial charge in [0.2, 0.25) is 0 Å². The number of hydrogen-bond donors (Lipinski definition) is 1. The minimum Gasteiger partial charge on any atom is -0.483 e. The molecule has 220 valence electrons. The van der Waals surface area contributed by atoms with Gasteiger partial charge in [-0.25, -0.2) is 24.1 Å². The molecule has 0 saturated carbocycles. The molecule has 42 heavy (non-hydrogen) atoms. The van der Waals surface area contributed by atoms with Crippen molar-refractivity contribution in [2.75, 3.05) is 32.1 Å². The predicted octanol–water partition coefficient (Wildman–Crippen LogP) is 4.85. The predicted molar refractivity (Wildman–Crippen MR) is 155 cm³/mol. The maximum Gasteiger partial charge on any atom is 0.337 e. The average Bonchev–Trinajstić information content (AvgIpc) is 3.31. The van der Waals surface area contributed by atoms with E-state index in [0.717, 1.165) is 55.8 Å². The van der Waals surface area contributed by atoms with Gasteiger partial charge in [-0.3, -0.25) is 4.90 Å². The summed E-state index contributed by atoms with van der Waals surface area (Å²) in [6, 6.07) is 11.9. The summed E-state index contributed by atoms with van der Waals surface area (Å²) in [5.41, 5.74) is 2.29. The molecule has 10 nitrogen and oxygen atoms in total. The van der Waals surface area contributed by atoms with Crippen molar-refractivity contribution in [2.24, 2.45) is 0 Å². The lowest BCUT2D eigenvalue weighted by molar-refractivity contribution is -0.0592. The number of anilines is 1. The van der Waals surface area contributed by atoms with Gasteiger partial charge < -0.3 is 24.1 Å². The summed E-state index contributed by atoms with van der Waals surface area (Å²) in [5.74, 6) is 1.34. The molecule has 12 heteroatoms. The number of nitrogens with one attached hydrogen (secondary N) is 1. The van der Waals surface area contributed by atoms with Crippen LogP contribution in [-0.2, 0) is 29.2 Å². The number of nitrogens with zero attached hydrogens (tertiary/aromatic N) is 5. The Morgan fingerprint density at radius 1 is 1.14 bits per heavy atom. The molecule has 0 aliphatic carbocycles. The van der Waals surface area contributed by atoms with E-state index in [2.05, 4.69) is 24.8 Å². The summed E-state index contributed by atoms with van der Waals surface area (Å²) in [6.45, 7) is 4.02. The van der Waals surface area contributed by atoms with E-state index in [4.69, 9.17) is 30.8 Å². The summed E-state index contributed by atoms with van der Waals surface area (Å²) >= 11 is 5.81. The largest absolute Gasteiger partial charge is 0.483 e. The third-order valence-electron chi connectivity index (χ3n) is 7.69. The van der Waals surface area contributed by atoms with E-state index in [1.54, 1.807) is 18.3 Å². The molecule has 0 bridgehead atoms. The number of fused-ring (bicyclic) bond motifs is 1. The highest BCUT2D eigenvalue weighted by molar-refractivity contribution is 6.30. The highest BCUT2D eigenvalue weighted by atomic mass is 35.5. The number of imidazole rings is 1. The molecule has 2 aliphatic rings. The van der Waals surface area contributed by atoms with Crippen molar-refractivity contribution >= 4 is 34.4 Å². The lowest BCUT2D eigenvalue weighted by Gasteiger charge is -2.33. The number of rotatable bonds is 10. The number of ether oxygens (including phenoxy) is 3. The van der Waals surface area contributed by atoms with Crippen LogP contribution in [-0.4, -0.2) is 69.3 Å². The van der Waals surface area contributed by atoms with Gasteiger partial charge in [-0.1, -0.05) is 11.6 Å². The van der Waals surface area contributed by atoms with Gasteiger partial charge in [0.1, 0.15) is 18.2 Å². The number of likely N-dealkylation sites (tertiary alicyclic amines) is 1. The third kappa shape index (κ3) is 6.48. The van der Waals surface area contributed by atoms with E-state index in [-0.39, 0.29) is 30.5 Å². The number of piperidine rings is 1. The standard InChI is InChI=1S/C30H32ClFN6O4/c1-40-30(39)19-2-4-24-25(14-19)38(16-22-9-13-41-22)29(35-24)17-37-11-7-21(8-12-37)34-27-6-10-33-28(36-27)18-42-26-5-3-20(31)15-23(26)32/h2-6,10,14-15,21-22H,7-9,11-13,16-18H2,1H3,(H,33,34,36)/t22-/m0/s1. The topological polar surface area (TPSA) is 104 Å². The number of halogens is 2. The average molecular weight is 595 g/mol. The van der Waals surface area contributed by atoms with E-state index in [1.165, 1.54) is 19.2 Å². The van der Waals surface area contributed by atoms with Gasteiger partial charge in [-0.2, -0.15) is 0 Å². The van der Waals surface area contributed by atoms with Crippen LogP contribution in [0.15, 0.2) is 48.7 Å². The smallest absolute Gasteiger partial charge is 0.337 e. The van der Waals surface area contributed by atoms with Gasteiger partial charge in [-0.05, 0) is 61.7 Å². The molecule has 2 aliphatic heterocycles. The molecule has 0 amide bonds. The van der Waals surface area contributed by atoms with Crippen LogP contribution in [0.5, 0.6) is 5.75 Å². The molecule has 4 aromatic rings. The minimum atomic E-state index is -0.526. The van der Waals surface area contributed by atoms with Gasteiger partial charge in [0, 0.05) is 37.0 Å². The van der Waals surface area contributed by atoms with Crippen molar-refractivity contribution in [3.8, 4) is 5.75 Å². The van der Waals surface area contributed by atoms with Crippen molar-refractivity contribution in [3.63, 3.8) is 0 Å². The lowest BCUT2D eigenvalue weighted by Crippen LogP contribution is -2.39. The van der Waals surface area contributed by atoms with Gasteiger partial charge >= 0.3 is 5.97 Å². The highest BCUT2D eigenvalue weighted by Gasteiger charge is 2.25. The van der Waals surface area contributed by atoms with Gasteiger partial charge in [-0.15, -0.1) is 0 Å². The lowest BCUT2D eigenvalue weighted by atomic mass is 10.1. The molecule has 2 aromatic heterocycles. The monoisotopic (exact) mass is 594 g/mol. The summed E-state index contributed by atoms with van der Waals surface area (Å²) in [7, 11) is 1.39. The van der Waals surface area contributed by atoms with Crippen LogP contribution in [0.3, 0.4) is 0 Å². The highest BCUT2D eigenvalue weighted by Crippen LogP contribution is 2.25. The van der Waals surface area contributed by atoms with Crippen LogP contribution in [0.4, 0.5) is 10.2 Å². The third-order valence-corrected chi connectivity index (χ3v) is 7.92. The molecule has 2 saturated heterocycles. The van der Waals surface area contributed by atoms with Crippen LogP contribution in [0.2, 0.25) is 5.02 Å². The molecule has 6 rings (SSSR count). The molecule has 0 unspecified atom stereocenters. The number of esters is 1. The molecule has 1 atom stereocenters. The molecule has 1 N–H and O–H groups in total. The summed E-state index contributed by atoms with van der Waals surface area (Å²) in [6.07, 6.45) is 4.71. The SMILES string of the molecule is COC(=O)c1ccc2nc(CN3CCC(Nc4ccnc(COc5ccc(Cl)cc5F)n4)CC3)n(C[C@@H]3CCO3)c2c1. The van der Waals surface area contributed by atoms with Crippen LogP contribution >= 0.6 is 11.6 Å². The fourth-order valence-electron chi connectivity index (χ4n) is 5.30. The van der Waals surface area contributed by atoms with Crippen LogP contribution in [0, 0.1) is 5.82 Å². The Morgan fingerprint density at radius 2 is 1.98 bits per heavy atom. The number of benzene rings is 2. The van der Waals surface area contributed by atoms with E-state index < -0.39 is 5.82 Å². The summed E-state index contributed by atoms with van der Waals surface area (Å²) in [5, 5.41) is 3.82. The van der Waals surface area contributed by atoms with Gasteiger partial charge in [0.15, 0.2) is 17.4 Å². The Morgan fingerprint density at radius 3 is 2.71 bits per heavy atom. The number of methoxy groups -OCH3 is 1. The second-order valence-electron chi connectivity index (χ2n) is 10.5. The maximum atomic E-state index is 14.0. The minimum absolute atomic E-state index is 0.0422. The number of carbonyl (C=O) groups is 1. The molecular weight excluding hydrogens is 563 g/mol. The van der Waals surface area contributed by atoms with Crippen molar-refractivity contribution in [1.29, 1.82) is 0 Å². The molecule has 4 heterocycles. The Bertz CT molecular complexity index is 1570. The van der Waals surface area contributed by atoms with Crippen molar-refractivity contribution in [1.82, 2.24) is 24.4 Å². The fourth-order valence-corrected chi connectivity index (χ4v) is 5.46. The Kier molecular flexibility index (Phi) is 8.50. The van der Waals surface area contributed by atoms with E-state index in [0.29, 0.717) is 35.3 Å². The first-order chi connectivity index (χ1) is 20.4. The van der Waals surface area contributed by atoms with Crippen molar-refractivity contribution < 1.29 is 23.4 Å².